The number of aryl methyl sites for hydroxylation is 1. The lowest BCUT2D eigenvalue weighted by atomic mass is 10.1. The molecule has 1 amide bonds. The van der Waals surface area contributed by atoms with E-state index in [0.29, 0.717) is 12.1 Å². The number of sulfonamides is 1. The Kier molecular flexibility index (Phi) is 4.59. The molecule has 21 heavy (non-hydrogen) atoms. The van der Waals surface area contributed by atoms with E-state index in [1.807, 2.05) is 6.07 Å². The van der Waals surface area contributed by atoms with E-state index in [0.717, 1.165) is 5.56 Å². The second-order valence-corrected chi connectivity index (χ2v) is 6.27. The lowest BCUT2D eigenvalue weighted by molar-refractivity contribution is -0.119. The van der Waals surface area contributed by atoms with Crippen LogP contribution in [0.25, 0.3) is 0 Å². The summed E-state index contributed by atoms with van der Waals surface area (Å²) in [5.74, 6) is -0.540. The van der Waals surface area contributed by atoms with Crippen LogP contribution in [0.5, 0.6) is 0 Å². The van der Waals surface area contributed by atoms with E-state index in [1.54, 1.807) is 36.4 Å². The third-order valence-electron chi connectivity index (χ3n) is 2.89. The molecule has 0 saturated carbocycles. The van der Waals surface area contributed by atoms with Crippen LogP contribution in [0.15, 0.2) is 59.5 Å². The van der Waals surface area contributed by atoms with Gasteiger partial charge in [-0.25, -0.2) is 13.1 Å². The molecule has 0 aliphatic rings. The van der Waals surface area contributed by atoms with Crippen LogP contribution >= 0.6 is 0 Å². The van der Waals surface area contributed by atoms with Gasteiger partial charge >= 0.3 is 0 Å². The van der Waals surface area contributed by atoms with Crippen LogP contribution in [0, 0.1) is 0 Å². The Bertz CT molecular complexity index is 728. The van der Waals surface area contributed by atoms with E-state index in [-0.39, 0.29) is 11.3 Å². The quantitative estimate of drug-likeness (QED) is 0.823. The summed E-state index contributed by atoms with van der Waals surface area (Å²) in [6.45, 7) is 0. The van der Waals surface area contributed by atoms with E-state index in [1.165, 1.54) is 12.1 Å². The molecule has 0 heterocycles. The van der Waals surface area contributed by atoms with Crippen molar-refractivity contribution in [2.45, 2.75) is 17.7 Å². The van der Waals surface area contributed by atoms with Crippen LogP contribution in [0.3, 0.4) is 0 Å². The predicted molar refractivity (Wildman–Crippen MR) is 80.9 cm³/mol. The molecule has 2 rings (SSSR count). The average molecular weight is 304 g/mol. The third-order valence-corrected chi connectivity index (χ3v) is 4.28. The number of nitrogen functional groups attached to an aromatic ring is 1. The second kappa shape index (κ2) is 6.41. The minimum Gasteiger partial charge on any atom is -0.399 e. The summed E-state index contributed by atoms with van der Waals surface area (Å²) >= 11 is 0. The highest BCUT2D eigenvalue weighted by Gasteiger charge is 2.16. The fourth-order valence-corrected chi connectivity index (χ4v) is 2.90. The lowest BCUT2D eigenvalue weighted by Gasteiger charge is -2.07. The van der Waals surface area contributed by atoms with Crippen molar-refractivity contribution in [3.63, 3.8) is 0 Å². The molecule has 2 aromatic rings. The normalized spacial score (nSPS) is 11.0. The average Bonchev–Trinajstić information content (AvgIpc) is 2.46. The van der Waals surface area contributed by atoms with E-state index in [9.17, 15) is 13.2 Å². The highest BCUT2D eigenvalue weighted by molar-refractivity contribution is 7.90. The Hall–Kier alpha value is -2.34. The number of hydrogen-bond acceptors (Lipinski definition) is 4. The number of anilines is 1. The molecule has 3 N–H and O–H groups in total. The monoisotopic (exact) mass is 304 g/mol. The zero-order valence-corrected chi connectivity index (χ0v) is 12.1. The second-order valence-electron chi connectivity index (χ2n) is 4.59. The van der Waals surface area contributed by atoms with Crippen LogP contribution in [-0.4, -0.2) is 14.3 Å². The molecule has 0 aliphatic heterocycles. The first-order valence-corrected chi connectivity index (χ1v) is 7.91. The first kappa shape index (κ1) is 15.1. The van der Waals surface area contributed by atoms with Crippen molar-refractivity contribution >= 4 is 21.6 Å². The van der Waals surface area contributed by atoms with Gasteiger partial charge in [0.2, 0.25) is 5.91 Å². The number of hydrogen-bond donors (Lipinski definition) is 2. The smallest absolute Gasteiger partial charge is 0.264 e. The summed E-state index contributed by atoms with van der Waals surface area (Å²) < 4.78 is 26.0. The maximum atomic E-state index is 12.0. The Morgan fingerprint density at radius 2 is 1.76 bits per heavy atom. The van der Waals surface area contributed by atoms with Crippen molar-refractivity contribution in [1.82, 2.24) is 4.72 Å². The van der Waals surface area contributed by atoms with Gasteiger partial charge in [-0.2, -0.15) is 0 Å². The Morgan fingerprint density at radius 1 is 1.05 bits per heavy atom. The van der Waals surface area contributed by atoms with Gasteiger partial charge in [-0.3, -0.25) is 4.79 Å². The van der Waals surface area contributed by atoms with Gasteiger partial charge in [0.1, 0.15) is 0 Å². The van der Waals surface area contributed by atoms with Crippen molar-refractivity contribution in [2.24, 2.45) is 0 Å². The van der Waals surface area contributed by atoms with Gasteiger partial charge in [0.25, 0.3) is 10.0 Å². The van der Waals surface area contributed by atoms with Crippen molar-refractivity contribution in [3.8, 4) is 0 Å². The van der Waals surface area contributed by atoms with Gasteiger partial charge < -0.3 is 5.73 Å². The van der Waals surface area contributed by atoms with Gasteiger partial charge in [-0.15, -0.1) is 0 Å². The maximum absolute atomic E-state index is 12.0. The molecular weight excluding hydrogens is 288 g/mol. The van der Waals surface area contributed by atoms with Gasteiger partial charge in [0.05, 0.1) is 4.90 Å². The van der Waals surface area contributed by atoms with Gasteiger partial charge in [0, 0.05) is 12.1 Å². The topological polar surface area (TPSA) is 89.3 Å². The van der Waals surface area contributed by atoms with E-state index in [2.05, 4.69) is 4.72 Å². The third kappa shape index (κ3) is 4.32. The van der Waals surface area contributed by atoms with Crippen molar-refractivity contribution in [1.29, 1.82) is 0 Å². The zero-order chi connectivity index (χ0) is 15.3. The van der Waals surface area contributed by atoms with E-state index < -0.39 is 15.9 Å². The minimum absolute atomic E-state index is 0.0716. The number of nitrogens with one attached hydrogen (secondary N) is 1. The molecular formula is C15H16N2O3S. The molecule has 6 heteroatoms. The SMILES string of the molecule is Nc1cccc(CCC(=O)NS(=O)(=O)c2ccccc2)c1. The Balaban J connectivity index is 1.96. The number of carbonyl (C=O) groups excluding carboxylic acids is 1. The van der Waals surface area contributed by atoms with Crippen molar-refractivity contribution in [2.75, 3.05) is 5.73 Å². The highest BCUT2D eigenvalue weighted by Crippen LogP contribution is 2.10. The van der Waals surface area contributed by atoms with Crippen molar-refractivity contribution < 1.29 is 13.2 Å². The number of carbonyl (C=O) groups is 1. The first-order chi connectivity index (χ1) is 9.97. The Labute approximate surface area is 123 Å². The minimum atomic E-state index is -3.80. The van der Waals surface area contributed by atoms with E-state index >= 15 is 0 Å². The predicted octanol–water partition coefficient (Wildman–Crippen LogP) is 1.71. The molecule has 0 saturated heterocycles. The largest absolute Gasteiger partial charge is 0.399 e. The van der Waals surface area contributed by atoms with Crippen LogP contribution < -0.4 is 10.5 Å². The molecule has 0 unspecified atom stereocenters. The summed E-state index contributed by atoms with van der Waals surface area (Å²) in [7, 11) is -3.80. The summed E-state index contributed by atoms with van der Waals surface area (Å²) in [6.07, 6.45) is 0.511. The van der Waals surface area contributed by atoms with E-state index in [4.69, 9.17) is 5.73 Å². The van der Waals surface area contributed by atoms with Gasteiger partial charge in [0.15, 0.2) is 0 Å². The summed E-state index contributed by atoms with van der Waals surface area (Å²) in [4.78, 5) is 11.8. The van der Waals surface area contributed by atoms with Gasteiger partial charge in [-0.05, 0) is 36.2 Å². The fourth-order valence-electron chi connectivity index (χ4n) is 1.87. The molecule has 0 aromatic heterocycles. The molecule has 0 fully saturated rings. The number of rotatable bonds is 5. The van der Waals surface area contributed by atoms with Crippen LogP contribution in [0.4, 0.5) is 5.69 Å². The molecule has 5 nitrogen and oxygen atoms in total. The lowest BCUT2D eigenvalue weighted by Crippen LogP contribution is -2.30. The molecule has 0 atom stereocenters. The molecule has 2 aromatic carbocycles. The van der Waals surface area contributed by atoms with Crippen LogP contribution in [0.2, 0.25) is 0 Å². The number of nitrogens with two attached hydrogens (primary N) is 1. The summed E-state index contributed by atoms with van der Waals surface area (Å²) in [5, 5.41) is 0. The molecule has 0 bridgehead atoms. The molecule has 0 spiro atoms. The standard InChI is InChI=1S/C15H16N2O3S/c16-13-6-4-5-12(11-13)9-10-15(18)17-21(19,20)14-7-2-1-3-8-14/h1-8,11H,9-10,16H2,(H,17,18). The summed E-state index contributed by atoms with van der Waals surface area (Å²) in [5.41, 5.74) is 7.15. The number of benzene rings is 2. The highest BCUT2D eigenvalue weighted by atomic mass is 32.2. The number of amides is 1. The van der Waals surface area contributed by atoms with Crippen LogP contribution in [-0.2, 0) is 21.2 Å². The zero-order valence-electron chi connectivity index (χ0n) is 11.3. The Morgan fingerprint density at radius 3 is 2.43 bits per heavy atom. The van der Waals surface area contributed by atoms with Gasteiger partial charge in [-0.1, -0.05) is 30.3 Å². The summed E-state index contributed by atoms with van der Waals surface area (Å²) in [6, 6.07) is 14.9. The van der Waals surface area contributed by atoms with Crippen molar-refractivity contribution in [3.05, 3.63) is 60.2 Å². The van der Waals surface area contributed by atoms with Crippen LogP contribution in [0.1, 0.15) is 12.0 Å². The molecule has 110 valence electrons. The first-order valence-electron chi connectivity index (χ1n) is 6.42. The fraction of sp³-hybridized carbons (Fsp3) is 0.133. The molecule has 0 aliphatic carbocycles. The maximum Gasteiger partial charge on any atom is 0.264 e. The molecule has 0 radical (unpaired) electrons.